The Bertz CT molecular complexity index is 5570. The van der Waals surface area contributed by atoms with Crippen LogP contribution in [0.15, 0.2) is 320 Å². The van der Waals surface area contributed by atoms with Crippen molar-refractivity contribution in [3.05, 3.63) is 344 Å². The second-order valence-electron chi connectivity index (χ2n) is 23.8. The van der Waals surface area contributed by atoms with Gasteiger partial charge in [-0.3, -0.25) is 0 Å². The highest BCUT2D eigenvalue weighted by Gasteiger charge is 2.50. The highest BCUT2D eigenvalue weighted by molar-refractivity contribution is 6.20. The van der Waals surface area contributed by atoms with Crippen molar-refractivity contribution < 1.29 is 4.42 Å². The molecule has 0 atom stereocenters. The van der Waals surface area contributed by atoms with Crippen LogP contribution in [0.1, 0.15) is 27.8 Å². The molecule has 0 bridgehead atoms. The fourth-order valence-corrected chi connectivity index (χ4v) is 14.8. The summed E-state index contributed by atoms with van der Waals surface area (Å²) in [6.45, 7) is 3.88. The lowest BCUT2D eigenvalue weighted by molar-refractivity contribution is 0.669. The molecule has 1 aliphatic heterocycles. The fraction of sp³-hybridized carbons (Fsp3) is 0.0116. The van der Waals surface area contributed by atoms with E-state index in [-0.39, 0.29) is 0 Å². The minimum absolute atomic E-state index is 0.537. The molecule has 91 heavy (non-hydrogen) atoms. The predicted octanol–water partition coefficient (Wildman–Crippen LogP) is 22.1. The Hall–Kier alpha value is -12.1. The first kappa shape index (κ1) is 52.1. The molecule has 424 valence electrons. The first-order chi connectivity index (χ1) is 45.1. The second-order valence-corrected chi connectivity index (χ2v) is 23.8. The van der Waals surface area contributed by atoms with Crippen molar-refractivity contribution >= 4 is 49.8 Å². The van der Waals surface area contributed by atoms with Gasteiger partial charge in [-0.15, -0.1) is 0 Å². The number of hydrogen-bond donors (Lipinski definition) is 0. The Kier molecular flexibility index (Phi) is 11.9. The highest BCUT2D eigenvalue weighted by atomic mass is 16.3. The Morgan fingerprint density at radius 3 is 1.63 bits per heavy atom. The summed E-state index contributed by atoms with van der Waals surface area (Å²) in [4.78, 5) is 15.5. The number of furan rings is 1. The van der Waals surface area contributed by atoms with Gasteiger partial charge in [0.15, 0.2) is 17.5 Å². The average Bonchev–Trinajstić information content (AvgIpc) is 1.50. The quantitative estimate of drug-likeness (QED) is 0.121. The second kappa shape index (κ2) is 20.8. The summed E-state index contributed by atoms with van der Waals surface area (Å²) in [6, 6.07) is 108. The smallest absolute Gasteiger partial charge is 0.167 e. The highest BCUT2D eigenvalue weighted by Crippen LogP contribution is 2.64. The number of hydrogen-bond acceptors (Lipinski definition) is 4. The molecule has 0 fully saturated rings. The molecule has 0 saturated heterocycles. The molecule has 5 heteroatoms. The summed E-state index contributed by atoms with van der Waals surface area (Å²) < 4.78 is 9.11. The molecule has 0 radical (unpaired) electrons. The molecule has 1 aliphatic carbocycles. The molecule has 2 aliphatic rings. The molecular formula is C86H54N4O. The largest absolute Gasteiger partial charge is 0.455 e. The van der Waals surface area contributed by atoms with E-state index in [1.54, 1.807) is 6.08 Å². The van der Waals surface area contributed by atoms with E-state index in [0.29, 0.717) is 17.5 Å². The Morgan fingerprint density at radius 1 is 0.352 bits per heavy atom. The normalized spacial score (nSPS) is 12.7. The third kappa shape index (κ3) is 8.15. The monoisotopic (exact) mass is 1160 g/mol. The van der Waals surface area contributed by atoms with Gasteiger partial charge in [0.2, 0.25) is 0 Å². The summed E-state index contributed by atoms with van der Waals surface area (Å²) in [5, 5.41) is 4.55. The third-order valence-electron chi connectivity index (χ3n) is 18.8. The topological polar surface area (TPSA) is 56.7 Å². The first-order valence-corrected chi connectivity index (χ1v) is 31.0. The predicted molar refractivity (Wildman–Crippen MR) is 375 cm³/mol. The van der Waals surface area contributed by atoms with Crippen LogP contribution >= 0.6 is 0 Å². The first-order valence-electron chi connectivity index (χ1n) is 31.0. The molecule has 3 aromatic heterocycles. The fourth-order valence-electron chi connectivity index (χ4n) is 14.8. The molecule has 0 saturated carbocycles. The van der Waals surface area contributed by atoms with Gasteiger partial charge in [-0.05, 0) is 126 Å². The van der Waals surface area contributed by atoms with Crippen molar-refractivity contribution in [3.8, 4) is 107 Å². The van der Waals surface area contributed by atoms with E-state index in [1.165, 1.54) is 99.8 Å². The number of fused-ring (bicyclic) bond motifs is 9. The zero-order chi connectivity index (χ0) is 60.2. The van der Waals surface area contributed by atoms with Gasteiger partial charge in [0, 0.05) is 43.8 Å². The number of allylic oxidation sites excluding steroid dienone is 2. The molecule has 13 aromatic carbocycles. The lowest BCUT2D eigenvalue weighted by Crippen LogP contribution is -2.29. The van der Waals surface area contributed by atoms with Gasteiger partial charge < -0.3 is 8.98 Å². The third-order valence-corrected chi connectivity index (χ3v) is 18.8. The standard InChI is InChI=1S/C86H54N4O/c1-2-3-20-54-21-16-28-63(51-54)84-87-83(88-85(89-84)72-35-19-34-70-68-32-12-15-38-77(68)91-82(70)72)60-45-41-58(42-46-60)57-39-43-59(44-40-57)66-47-49-73-79-78(66)71-33-11-14-37-76(71)90-75-36-13-10-31-67(75)69-48-50-74(80(79)81(69)90)86(73,64-29-17-26-61(52-64)55-22-6-4-7-23-55)65-30-18-27-62(53-65)56-24-8-5-9-25-56/h2-53H,1H2/b20-3-. The minimum atomic E-state index is -0.716. The van der Waals surface area contributed by atoms with Crippen LogP contribution in [0.4, 0.5) is 0 Å². The average molecular weight is 1160 g/mol. The van der Waals surface area contributed by atoms with Crippen molar-refractivity contribution in [1.82, 2.24) is 19.5 Å². The lowest BCUT2D eigenvalue weighted by atomic mass is 9.66. The number of nitrogens with zero attached hydrogens (tertiary/aromatic N) is 4. The van der Waals surface area contributed by atoms with Gasteiger partial charge in [-0.25, -0.2) is 15.0 Å². The van der Waals surface area contributed by atoms with Crippen LogP contribution in [0.3, 0.4) is 0 Å². The minimum Gasteiger partial charge on any atom is -0.455 e. The van der Waals surface area contributed by atoms with E-state index in [1.807, 2.05) is 54.6 Å². The van der Waals surface area contributed by atoms with Crippen LogP contribution in [0.2, 0.25) is 0 Å². The van der Waals surface area contributed by atoms with Crippen LogP contribution in [0.5, 0.6) is 0 Å². The zero-order valence-corrected chi connectivity index (χ0v) is 49.4. The van der Waals surface area contributed by atoms with E-state index in [2.05, 4.69) is 266 Å². The summed E-state index contributed by atoms with van der Waals surface area (Å²) >= 11 is 0. The molecule has 4 heterocycles. The maximum Gasteiger partial charge on any atom is 0.167 e. The van der Waals surface area contributed by atoms with Crippen LogP contribution in [0.25, 0.3) is 156 Å². The molecule has 0 spiro atoms. The van der Waals surface area contributed by atoms with Gasteiger partial charge in [-0.1, -0.05) is 280 Å². The Balaban J connectivity index is 0.800. The molecule has 0 amide bonds. The summed E-state index contributed by atoms with van der Waals surface area (Å²) in [5.41, 5.74) is 27.2. The van der Waals surface area contributed by atoms with E-state index in [4.69, 9.17) is 19.4 Å². The summed E-state index contributed by atoms with van der Waals surface area (Å²) in [6.07, 6.45) is 5.74. The molecule has 0 N–H and O–H groups in total. The summed E-state index contributed by atoms with van der Waals surface area (Å²) in [7, 11) is 0. The maximum atomic E-state index is 6.54. The van der Waals surface area contributed by atoms with Gasteiger partial charge in [0.05, 0.1) is 27.7 Å². The van der Waals surface area contributed by atoms with Crippen molar-refractivity contribution in [2.45, 2.75) is 5.41 Å². The number of aromatic nitrogens is 4. The van der Waals surface area contributed by atoms with Crippen molar-refractivity contribution in [2.75, 3.05) is 0 Å². The lowest BCUT2D eigenvalue weighted by Gasteiger charge is -2.35. The van der Waals surface area contributed by atoms with Crippen molar-refractivity contribution in [3.63, 3.8) is 0 Å². The number of para-hydroxylation sites is 4. The van der Waals surface area contributed by atoms with Crippen LogP contribution < -0.4 is 0 Å². The number of rotatable bonds is 11. The van der Waals surface area contributed by atoms with E-state index >= 15 is 0 Å². The van der Waals surface area contributed by atoms with Gasteiger partial charge in [-0.2, -0.15) is 0 Å². The van der Waals surface area contributed by atoms with E-state index in [0.717, 1.165) is 60.9 Å². The van der Waals surface area contributed by atoms with Crippen LogP contribution in [-0.2, 0) is 5.41 Å². The Morgan fingerprint density at radius 2 is 0.890 bits per heavy atom. The SMILES string of the molecule is C=C/C=C\c1cccc(-c2nc(-c3ccc(-c4ccc(-c5ccc6c7c5-c5ccccc5-n5c8ccccc8c8ccc(c-7c85)C6(c5cccc(-c6ccccc6)c5)c5cccc(-c6ccccc6)c5)cc4)cc3)nc(-c3cccc4c3oc3ccccc34)n2)c1. The van der Waals surface area contributed by atoms with Crippen molar-refractivity contribution in [2.24, 2.45) is 0 Å². The zero-order valence-electron chi connectivity index (χ0n) is 49.4. The van der Waals surface area contributed by atoms with Crippen LogP contribution in [-0.4, -0.2) is 19.5 Å². The molecule has 5 nitrogen and oxygen atoms in total. The molecule has 18 rings (SSSR count). The molecule has 16 aromatic rings. The number of benzene rings is 13. The molecule has 0 unspecified atom stereocenters. The van der Waals surface area contributed by atoms with Gasteiger partial charge in [0.25, 0.3) is 0 Å². The van der Waals surface area contributed by atoms with Gasteiger partial charge in [0.1, 0.15) is 11.2 Å². The van der Waals surface area contributed by atoms with Crippen LogP contribution in [0, 0.1) is 0 Å². The maximum absolute atomic E-state index is 6.54. The summed E-state index contributed by atoms with van der Waals surface area (Å²) in [5.74, 6) is 1.68. The van der Waals surface area contributed by atoms with Crippen molar-refractivity contribution in [1.29, 1.82) is 0 Å². The van der Waals surface area contributed by atoms with E-state index < -0.39 is 5.41 Å². The van der Waals surface area contributed by atoms with E-state index in [9.17, 15) is 0 Å². The Labute approximate surface area is 526 Å². The molecular weight excluding hydrogens is 1100 g/mol. The van der Waals surface area contributed by atoms with Gasteiger partial charge >= 0.3 is 0 Å².